The molecule has 0 saturated heterocycles. The lowest BCUT2D eigenvalue weighted by atomic mass is 9.75. The zero-order chi connectivity index (χ0) is 25.9. The second-order valence-electron chi connectivity index (χ2n) is 9.56. The molecule has 0 aliphatic carbocycles. The van der Waals surface area contributed by atoms with Gasteiger partial charge in [-0.1, -0.05) is 38.1 Å². The van der Waals surface area contributed by atoms with Crippen LogP contribution in [0, 0.1) is 11.7 Å². The summed E-state index contributed by atoms with van der Waals surface area (Å²) in [5, 5.41) is 3.02. The monoisotopic (exact) mass is 489 g/mol. The number of ether oxygens (including phenoxy) is 1. The molecule has 7 heteroatoms. The summed E-state index contributed by atoms with van der Waals surface area (Å²) in [7, 11) is 0. The number of carbonyl (C=O) groups excluding carboxylic acids is 2. The highest BCUT2D eigenvalue weighted by atomic mass is 19.1. The number of amides is 1. The molecule has 0 spiro atoms. The zero-order valence-corrected chi connectivity index (χ0v) is 21.1. The Morgan fingerprint density at radius 1 is 1.14 bits per heavy atom. The third-order valence-electron chi connectivity index (χ3n) is 7.14. The van der Waals surface area contributed by atoms with Crippen LogP contribution in [0.25, 0.3) is 0 Å². The fourth-order valence-electron chi connectivity index (χ4n) is 4.99. The largest absolute Gasteiger partial charge is 0.462 e. The number of rotatable bonds is 8. The summed E-state index contributed by atoms with van der Waals surface area (Å²) in [5.74, 6) is -1.33. The number of aromatic nitrogens is 1. The smallest absolute Gasteiger partial charge is 0.338 e. The fourth-order valence-corrected chi connectivity index (χ4v) is 4.99. The van der Waals surface area contributed by atoms with Crippen molar-refractivity contribution in [1.29, 1.82) is 0 Å². The van der Waals surface area contributed by atoms with Crippen molar-refractivity contribution in [2.45, 2.75) is 52.2 Å². The predicted octanol–water partition coefficient (Wildman–Crippen LogP) is 5.23. The lowest BCUT2D eigenvalue weighted by Crippen LogP contribution is -2.54. The molecule has 188 valence electrons. The van der Waals surface area contributed by atoms with Crippen LogP contribution in [0.1, 0.15) is 60.8 Å². The van der Waals surface area contributed by atoms with Gasteiger partial charge < -0.3 is 15.0 Å². The first-order valence-electron chi connectivity index (χ1n) is 12.3. The van der Waals surface area contributed by atoms with Gasteiger partial charge in [0.1, 0.15) is 5.82 Å². The fraction of sp³-hybridized carbons (Fsp3) is 0.345. The van der Waals surface area contributed by atoms with Gasteiger partial charge in [-0.2, -0.15) is 0 Å². The predicted molar refractivity (Wildman–Crippen MR) is 137 cm³/mol. The highest BCUT2D eigenvalue weighted by Crippen LogP contribution is 2.52. The van der Waals surface area contributed by atoms with Gasteiger partial charge in [0.2, 0.25) is 5.91 Å². The lowest BCUT2D eigenvalue weighted by molar-refractivity contribution is -0.124. The number of esters is 1. The van der Waals surface area contributed by atoms with Gasteiger partial charge in [0.25, 0.3) is 0 Å². The summed E-state index contributed by atoms with van der Waals surface area (Å²) in [6.45, 7) is 9.01. The number of benzene rings is 2. The number of halogens is 1. The number of nitrogens with zero attached hydrogens (tertiary/aromatic N) is 2. The Hall–Kier alpha value is -3.74. The Balaban J connectivity index is 1.75. The first-order chi connectivity index (χ1) is 17.3. The molecule has 1 aromatic heterocycles. The van der Waals surface area contributed by atoms with Gasteiger partial charge in [-0.05, 0) is 67.3 Å². The van der Waals surface area contributed by atoms with Crippen molar-refractivity contribution in [3.8, 4) is 0 Å². The maximum absolute atomic E-state index is 13.8. The summed E-state index contributed by atoms with van der Waals surface area (Å²) in [4.78, 5) is 33.0. The molecule has 2 aromatic carbocycles. The molecule has 1 aliphatic heterocycles. The van der Waals surface area contributed by atoms with Crippen molar-refractivity contribution in [1.82, 2.24) is 10.3 Å². The van der Waals surface area contributed by atoms with Crippen molar-refractivity contribution in [2.24, 2.45) is 5.92 Å². The van der Waals surface area contributed by atoms with E-state index in [-0.39, 0.29) is 30.8 Å². The molecule has 1 aliphatic rings. The first-order valence-corrected chi connectivity index (χ1v) is 12.3. The van der Waals surface area contributed by atoms with Crippen LogP contribution in [0.2, 0.25) is 0 Å². The Morgan fingerprint density at radius 2 is 1.94 bits per heavy atom. The number of fused-ring (bicyclic) bond motifs is 1. The van der Waals surface area contributed by atoms with E-state index in [1.807, 2.05) is 30.3 Å². The maximum Gasteiger partial charge on any atom is 0.338 e. The molecule has 36 heavy (non-hydrogen) atoms. The first kappa shape index (κ1) is 25.4. The molecule has 1 amide bonds. The third-order valence-corrected chi connectivity index (χ3v) is 7.14. The van der Waals surface area contributed by atoms with Gasteiger partial charge in [0, 0.05) is 18.4 Å². The zero-order valence-electron chi connectivity index (χ0n) is 21.1. The third kappa shape index (κ3) is 4.83. The molecule has 3 aromatic rings. The van der Waals surface area contributed by atoms with Crippen molar-refractivity contribution < 1.29 is 18.7 Å². The topological polar surface area (TPSA) is 71.5 Å². The summed E-state index contributed by atoms with van der Waals surface area (Å²) >= 11 is 0. The van der Waals surface area contributed by atoms with E-state index in [0.717, 1.165) is 16.9 Å². The number of nitrogens with one attached hydrogen (secondary N) is 1. The van der Waals surface area contributed by atoms with E-state index in [1.165, 1.54) is 12.1 Å². The lowest BCUT2D eigenvalue weighted by Gasteiger charge is -2.44. The van der Waals surface area contributed by atoms with E-state index in [1.54, 1.807) is 31.3 Å². The normalized spacial score (nSPS) is 18.7. The molecule has 0 saturated carbocycles. The molecule has 0 bridgehead atoms. The standard InChI is InChI=1S/C29H32FN3O3/c1-5-36-28(35)21-12-13-24-25(16-21)33(18-23-11-6-7-14-31-23)29(4,19(2)3)26(24)27(34)32-17-20-9-8-10-22(30)15-20/h6-16,19,26H,5,17-18H2,1-4H3,(H,32,34). The molecule has 2 unspecified atom stereocenters. The average Bonchev–Trinajstić information content (AvgIpc) is 3.11. The molecule has 2 heterocycles. The second kappa shape index (κ2) is 10.5. The number of pyridine rings is 1. The van der Waals surface area contributed by atoms with Gasteiger partial charge in [-0.25, -0.2) is 9.18 Å². The summed E-state index contributed by atoms with van der Waals surface area (Å²) < 4.78 is 18.9. The van der Waals surface area contributed by atoms with Crippen LogP contribution < -0.4 is 10.2 Å². The van der Waals surface area contributed by atoms with Crippen molar-refractivity contribution >= 4 is 17.6 Å². The minimum atomic E-state index is -0.612. The minimum absolute atomic E-state index is 0.0737. The highest BCUT2D eigenvalue weighted by molar-refractivity contribution is 5.95. The molecule has 6 nitrogen and oxygen atoms in total. The van der Waals surface area contributed by atoms with Crippen LogP contribution in [-0.2, 0) is 22.6 Å². The Bertz CT molecular complexity index is 1250. The van der Waals surface area contributed by atoms with Gasteiger partial charge in [0.05, 0.1) is 35.9 Å². The Morgan fingerprint density at radius 3 is 2.61 bits per heavy atom. The molecule has 1 N–H and O–H groups in total. The van der Waals surface area contributed by atoms with E-state index in [4.69, 9.17) is 4.74 Å². The molecule has 4 rings (SSSR count). The molecular formula is C29H32FN3O3. The quantitative estimate of drug-likeness (QED) is 0.439. The van der Waals surface area contributed by atoms with E-state index in [0.29, 0.717) is 17.7 Å². The number of anilines is 1. The molecule has 0 fully saturated rings. The van der Waals surface area contributed by atoms with E-state index in [9.17, 15) is 14.0 Å². The van der Waals surface area contributed by atoms with Crippen LogP contribution in [0.4, 0.5) is 10.1 Å². The van der Waals surface area contributed by atoms with Crippen molar-refractivity contribution in [2.75, 3.05) is 11.5 Å². The minimum Gasteiger partial charge on any atom is -0.462 e. The van der Waals surface area contributed by atoms with Crippen LogP contribution in [0.15, 0.2) is 66.9 Å². The number of carbonyl (C=O) groups is 2. The molecule has 0 radical (unpaired) electrons. The van der Waals surface area contributed by atoms with Gasteiger partial charge in [0.15, 0.2) is 0 Å². The summed E-state index contributed by atoms with van der Waals surface area (Å²) in [6.07, 6.45) is 1.75. The Labute approximate surface area is 211 Å². The van der Waals surface area contributed by atoms with Crippen LogP contribution in [0.3, 0.4) is 0 Å². The van der Waals surface area contributed by atoms with Gasteiger partial charge in [-0.3, -0.25) is 9.78 Å². The summed E-state index contributed by atoms with van der Waals surface area (Å²) in [5.41, 5.74) is 3.03. The van der Waals surface area contributed by atoms with E-state index in [2.05, 4.69) is 36.0 Å². The van der Waals surface area contributed by atoms with Crippen LogP contribution in [-0.4, -0.2) is 29.0 Å². The van der Waals surface area contributed by atoms with Crippen molar-refractivity contribution in [3.63, 3.8) is 0 Å². The van der Waals surface area contributed by atoms with Crippen molar-refractivity contribution in [3.05, 3.63) is 95.1 Å². The molecular weight excluding hydrogens is 457 g/mol. The van der Waals surface area contributed by atoms with Crippen LogP contribution in [0.5, 0.6) is 0 Å². The Kier molecular flexibility index (Phi) is 7.38. The highest BCUT2D eigenvalue weighted by Gasteiger charge is 2.53. The summed E-state index contributed by atoms with van der Waals surface area (Å²) in [6, 6.07) is 17.4. The second-order valence-corrected chi connectivity index (χ2v) is 9.56. The molecule has 2 atom stereocenters. The SMILES string of the molecule is CCOC(=O)c1ccc2c(c1)N(Cc1ccccn1)C(C)(C(C)C)C2C(=O)NCc1cccc(F)c1. The average molecular weight is 490 g/mol. The number of hydrogen-bond donors (Lipinski definition) is 1. The van der Waals surface area contributed by atoms with Crippen LogP contribution >= 0.6 is 0 Å². The van der Waals surface area contributed by atoms with E-state index >= 15 is 0 Å². The maximum atomic E-state index is 13.8. The van der Waals surface area contributed by atoms with Gasteiger partial charge in [-0.15, -0.1) is 0 Å². The van der Waals surface area contributed by atoms with E-state index < -0.39 is 17.4 Å². The van der Waals surface area contributed by atoms with Gasteiger partial charge >= 0.3 is 5.97 Å². The number of hydrogen-bond acceptors (Lipinski definition) is 5.